The summed E-state index contributed by atoms with van der Waals surface area (Å²) in [6.45, 7) is 2.59. The second kappa shape index (κ2) is 5.83. The van der Waals surface area contributed by atoms with Gasteiger partial charge in [0.25, 0.3) is 0 Å². The molecule has 1 aromatic carbocycles. The van der Waals surface area contributed by atoms with E-state index in [-0.39, 0.29) is 6.10 Å². The van der Waals surface area contributed by atoms with E-state index in [4.69, 9.17) is 22.4 Å². The molecule has 3 nitrogen and oxygen atoms in total. The van der Waals surface area contributed by atoms with Gasteiger partial charge in [-0.2, -0.15) is 0 Å². The average Bonchev–Trinajstić information content (AvgIpc) is 2.14. The molecule has 4 N–H and O–H groups in total. The fourth-order valence-corrected chi connectivity index (χ4v) is 1.55. The van der Waals surface area contributed by atoms with Crippen LogP contribution in [0.1, 0.15) is 19.8 Å². The van der Waals surface area contributed by atoms with Crippen LogP contribution in [-0.4, -0.2) is 17.8 Å². The van der Waals surface area contributed by atoms with Gasteiger partial charge in [0.05, 0.1) is 16.8 Å². The van der Waals surface area contributed by atoms with E-state index in [0.717, 1.165) is 25.1 Å². The summed E-state index contributed by atoms with van der Waals surface area (Å²) in [5.41, 5.74) is 7.12. The summed E-state index contributed by atoms with van der Waals surface area (Å²) in [4.78, 5) is 0. The highest BCUT2D eigenvalue weighted by atomic mass is 35.5. The van der Waals surface area contributed by atoms with Crippen LogP contribution in [0, 0.1) is 0 Å². The number of aliphatic hydroxyl groups is 1. The molecule has 0 saturated carbocycles. The number of hydrogen-bond donors (Lipinski definition) is 3. The summed E-state index contributed by atoms with van der Waals surface area (Å²) in [7, 11) is 0. The zero-order chi connectivity index (χ0) is 11.3. The Morgan fingerprint density at radius 2 is 2.27 bits per heavy atom. The monoisotopic (exact) mass is 228 g/mol. The molecule has 1 unspecified atom stereocenters. The van der Waals surface area contributed by atoms with Gasteiger partial charge in [-0.1, -0.05) is 11.6 Å². The minimum Gasteiger partial charge on any atom is -0.399 e. The fraction of sp³-hybridized carbons (Fsp3) is 0.455. The van der Waals surface area contributed by atoms with E-state index in [2.05, 4.69) is 5.32 Å². The molecule has 1 aromatic rings. The van der Waals surface area contributed by atoms with Crippen molar-refractivity contribution in [1.82, 2.24) is 0 Å². The molecule has 15 heavy (non-hydrogen) atoms. The van der Waals surface area contributed by atoms with Crippen molar-refractivity contribution in [2.24, 2.45) is 0 Å². The molecule has 0 aromatic heterocycles. The molecule has 84 valence electrons. The SMILES string of the molecule is CC(O)CCCNc1ccc(N)cc1Cl. The summed E-state index contributed by atoms with van der Waals surface area (Å²) < 4.78 is 0. The number of halogens is 1. The summed E-state index contributed by atoms with van der Waals surface area (Å²) in [6, 6.07) is 5.39. The minimum atomic E-state index is -0.242. The predicted octanol–water partition coefficient (Wildman–Crippen LogP) is 2.50. The van der Waals surface area contributed by atoms with Crippen molar-refractivity contribution in [2.45, 2.75) is 25.9 Å². The molecule has 0 saturated heterocycles. The van der Waals surface area contributed by atoms with Crippen molar-refractivity contribution in [2.75, 3.05) is 17.6 Å². The molecule has 0 aliphatic heterocycles. The number of nitrogens with two attached hydrogens (primary N) is 1. The van der Waals surface area contributed by atoms with E-state index < -0.39 is 0 Å². The van der Waals surface area contributed by atoms with Gasteiger partial charge in [0.1, 0.15) is 0 Å². The summed E-state index contributed by atoms with van der Waals surface area (Å²) in [5, 5.41) is 12.9. The van der Waals surface area contributed by atoms with Crippen molar-refractivity contribution in [3.8, 4) is 0 Å². The number of rotatable bonds is 5. The number of nitrogen functional groups attached to an aromatic ring is 1. The number of hydrogen-bond acceptors (Lipinski definition) is 3. The molecule has 0 amide bonds. The highest BCUT2D eigenvalue weighted by Crippen LogP contribution is 2.23. The van der Waals surface area contributed by atoms with E-state index in [1.54, 1.807) is 13.0 Å². The standard InChI is InChI=1S/C11H17ClN2O/c1-8(15)3-2-6-14-11-5-4-9(13)7-10(11)12/h4-5,7-8,14-15H,2-3,6,13H2,1H3. The third-order valence-electron chi connectivity index (χ3n) is 2.11. The predicted molar refractivity (Wildman–Crippen MR) is 65.3 cm³/mol. The largest absolute Gasteiger partial charge is 0.399 e. The van der Waals surface area contributed by atoms with E-state index in [9.17, 15) is 0 Å². The molecule has 0 heterocycles. The first-order chi connectivity index (χ1) is 7.09. The van der Waals surface area contributed by atoms with Gasteiger partial charge in [-0.25, -0.2) is 0 Å². The van der Waals surface area contributed by atoms with Crippen LogP contribution >= 0.6 is 11.6 Å². The average molecular weight is 229 g/mol. The third-order valence-corrected chi connectivity index (χ3v) is 2.42. The molecule has 0 fully saturated rings. The first-order valence-electron chi connectivity index (χ1n) is 5.06. The molecule has 0 bridgehead atoms. The molecule has 1 atom stereocenters. The molecular formula is C11H17ClN2O. The molecular weight excluding hydrogens is 212 g/mol. The Hall–Kier alpha value is -0.930. The van der Waals surface area contributed by atoms with Crippen LogP contribution in [-0.2, 0) is 0 Å². The first kappa shape index (κ1) is 12.1. The van der Waals surface area contributed by atoms with E-state index in [1.807, 2.05) is 12.1 Å². The van der Waals surface area contributed by atoms with E-state index in [1.165, 1.54) is 0 Å². The van der Waals surface area contributed by atoms with Gasteiger partial charge in [0, 0.05) is 12.2 Å². The van der Waals surface area contributed by atoms with Crippen LogP contribution < -0.4 is 11.1 Å². The number of benzene rings is 1. The lowest BCUT2D eigenvalue weighted by atomic mass is 10.2. The Balaban J connectivity index is 2.37. The van der Waals surface area contributed by atoms with Gasteiger partial charge in [0.15, 0.2) is 0 Å². The normalized spacial score (nSPS) is 12.5. The molecule has 0 aliphatic carbocycles. The van der Waals surface area contributed by atoms with Gasteiger partial charge in [-0.05, 0) is 38.0 Å². The van der Waals surface area contributed by atoms with Crippen molar-refractivity contribution in [3.05, 3.63) is 23.2 Å². The lowest BCUT2D eigenvalue weighted by Crippen LogP contribution is -2.06. The first-order valence-corrected chi connectivity index (χ1v) is 5.44. The second-order valence-electron chi connectivity index (χ2n) is 3.66. The Bertz CT molecular complexity index is 315. The molecule has 0 aliphatic rings. The highest BCUT2D eigenvalue weighted by Gasteiger charge is 2.00. The third kappa shape index (κ3) is 4.40. The van der Waals surface area contributed by atoms with Crippen LogP contribution in [0.25, 0.3) is 0 Å². The van der Waals surface area contributed by atoms with Crippen molar-refractivity contribution in [3.63, 3.8) is 0 Å². The van der Waals surface area contributed by atoms with Gasteiger partial charge in [-0.15, -0.1) is 0 Å². The maximum Gasteiger partial charge on any atom is 0.0657 e. The van der Waals surface area contributed by atoms with Crippen LogP contribution in [0.4, 0.5) is 11.4 Å². The summed E-state index contributed by atoms with van der Waals surface area (Å²) in [6.07, 6.45) is 1.46. The smallest absolute Gasteiger partial charge is 0.0657 e. The number of nitrogens with one attached hydrogen (secondary N) is 1. The van der Waals surface area contributed by atoms with Gasteiger partial charge >= 0.3 is 0 Å². The Morgan fingerprint density at radius 1 is 1.53 bits per heavy atom. The highest BCUT2D eigenvalue weighted by molar-refractivity contribution is 6.33. The Labute approximate surface area is 95.2 Å². The zero-order valence-corrected chi connectivity index (χ0v) is 9.59. The lowest BCUT2D eigenvalue weighted by molar-refractivity contribution is 0.183. The summed E-state index contributed by atoms with van der Waals surface area (Å²) >= 11 is 5.98. The number of aliphatic hydroxyl groups excluding tert-OH is 1. The maximum atomic E-state index is 9.07. The molecule has 1 rings (SSSR count). The van der Waals surface area contributed by atoms with Crippen molar-refractivity contribution in [1.29, 1.82) is 0 Å². The lowest BCUT2D eigenvalue weighted by Gasteiger charge is -2.09. The van der Waals surface area contributed by atoms with Gasteiger partial charge in [0.2, 0.25) is 0 Å². The van der Waals surface area contributed by atoms with Crippen LogP contribution in [0.3, 0.4) is 0 Å². The molecule has 4 heteroatoms. The zero-order valence-electron chi connectivity index (χ0n) is 8.83. The quantitative estimate of drug-likeness (QED) is 0.536. The van der Waals surface area contributed by atoms with Gasteiger partial charge < -0.3 is 16.2 Å². The Kier molecular flexibility index (Phi) is 4.72. The maximum absolute atomic E-state index is 9.07. The van der Waals surface area contributed by atoms with Crippen LogP contribution in [0.5, 0.6) is 0 Å². The Morgan fingerprint density at radius 3 is 2.87 bits per heavy atom. The molecule has 0 spiro atoms. The van der Waals surface area contributed by atoms with E-state index >= 15 is 0 Å². The topological polar surface area (TPSA) is 58.3 Å². The van der Waals surface area contributed by atoms with Gasteiger partial charge in [-0.3, -0.25) is 0 Å². The van der Waals surface area contributed by atoms with Crippen LogP contribution in [0.2, 0.25) is 5.02 Å². The second-order valence-corrected chi connectivity index (χ2v) is 4.06. The summed E-state index contributed by atoms with van der Waals surface area (Å²) in [5.74, 6) is 0. The fourth-order valence-electron chi connectivity index (χ4n) is 1.30. The van der Waals surface area contributed by atoms with Crippen molar-refractivity contribution >= 4 is 23.0 Å². The van der Waals surface area contributed by atoms with Crippen molar-refractivity contribution < 1.29 is 5.11 Å². The minimum absolute atomic E-state index is 0.242. The van der Waals surface area contributed by atoms with E-state index in [0.29, 0.717) is 10.7 Å². The number of anilines is 2. The van der Waals surface area contributed by atoms with Crippen LogP contribution in [0.15, 0.2) is 18.2 Å². The molecule has 0 radical (unpaired) electrons.